The zero-order valence-electron chi connectivity index (χ0n) is 8.24. The van der Waals surface area contributed by atoms with Crippen molar-refractivity contribution in [3.8, 4) is 0 Å². The first kappa shape index (κ1) is 10.6. The third-order valence-corrected chi connectivity index (χ3v) is 3.42. The minimum absolute atomic E-state index is 0.0537. The van der Waals surface area contributed by atoms with Gasteiger partial charge >= 0.3 is 0 Å². The number of halogens is 1. The highest BCUT2D eigenvalue weighted by Gasteiger charge is 2.26. The van der Waals surface area contributed by atoms with Crippen LogP contribution < -0.4 is 11.1 Å². The van der Waals surface area contributed by atoms with E-state index in [1.165, 1.54) is 0 Å². The van der Waals surface area contributed by atoms with Gasteiger partial charge in [0.05, 0.1) is 12.1 Å². The summed E-state index contributed by atoms with van der Waals surface area (Å²) >= 11 is 3.48. The second-order valence-electron chi connectivity index (χ2n) is 3.77. The molecular weight excluding hydrogens is 256 g/mol. The Morgan fingerprint density at radius 2 is 2.07 bits per heavy atom. The number of nitrogens with one attached hydrogen (secondary N) is 1. The lowest BCUT2D eigenvalue weighted by molar-refractivity contribution is -0.124. The van der Waals surface area contributed by atoms with Gasteiger partial charge in [-0.2, -0.15) is 0 Å². The van der Waals surface area contributed by atoms with Crippen molar-refractivity contribution in [2.75, 3.05) is 0 Å². The molecule has 0 bridgehead atoms. The van der Waals surface area contributed by atoms with E-state index >= 15 is 0 Å². The Bertz CT molecular complexity index is 381. The second-order valence-corrected chi connectivity index (χ2v) is 4.62. The molecule has 0 radical (unpaired) electrons. The van der Waals surface area contributed by atoms with Crippen LogP contribution in [0.4, 0.5) is 0 Å². The largest absolute Gasteiger partial charge is 0.348 e. The Labute approximate surface area is 97.2 Å². The second kappa shape index (κ2) is 4.33. The number of nitrogens with two attached hydrogens (primary N) is 1. The molecule has 0 saturated carbocycles. The molecule has 0 aromatic heterocycles. The van der Waals surface area contributed by atoms with Crippen LogP contribution in [0.1, 0.15) is 24.4 Å². The average molecular weight is 269 g/mol. The molecule has 1 aromatic rings. The van der Waals surface area contributed by atoms with Gasteiger partial charge in [0.15, 0.2) is 0 Å². The van der Waals surface area contributed by atoms with E-state index in [0.717, 1.165) is 22.9 Å². The fourth-order valence-corrected chi connectivity index (χ4v) is 2.38. The summed E-state index contributed by atoms with van der Waals surface area (Å²) in [6, 6.07) is 7.68. The highest BCUT2D eigenvalue weighted by molar-refractivity contribution is 9.10. The third-order valence-electron chi connectivity index (χ3n) is 2.70. The normalized spacial score (nSPS) is 26.1. The van der Waals surface area contributed by atoms with Crippen molar-refractivity contribution in [2.24, 2.45) is 5.73 Å². The van der Waals surface area contributed by atoms with Crippen molar-refractivity contribution in [1.29, 1.82) is 0 Å². The Balaban J connectivity index is 2.19. The molecule has 1 amide bonds. The molecular formula is C11H13BrN2O. The summed E-state index contributed by atoms with van der Waals surface area (Å²) in [4.78, 5) is 11.4. The predicted octanol–water partition coefficient (Wildman–Crippen LogP) is 1.73. The Kier molecular flexibility index (Phi) is 3.07. The first-order valence-corrected chi connectivity index (χ1v) is 5.78. The van der Waals surface area contributed by atoms with Gasteiger partial charge in [0.2, 0.25) is 5.91 Å². The molecule has 1 aromatic carbocycles. The molecule has 1 fully saturated rings. The molecule has 3 nitrogen and oxygen atoms in total. The maximum atomic E-state index is 11.4. The number of amides is 1. The van der Waals surface area contributed by atoms with Crippen LogP contribution in [0.3, 0.4) is 0 Å². The standard InChI is InChI=1S/C11H13BrN2O/c12-8-4-2-1-3-7(8)10-6-5-9(13)11(15)14-10/h1-4,9-10H,5-6,13H2,(H,14,15). The summed E-state index contributed by atoms with van der Waals surface area (Å²) < 4.78 is 1.03. The van der Waals surface area contributed by atoms with Crippen molar-refractivity contribution in [3.05, 3.63) is 34.3 Å². The van der Waals surface area contributed by atoms with Gasteiger partial charge in [-0.05, 0) is 24.5 Å². The zero-order chi connectivity index (χ0) is 10.8. The fourth-order valence-electron chi connectivity index (χ4n) is 1.82. The first-order chi connectivity index (χ1) is 7.18. The lowest BCUT2D eigenvalue weighted by Crippen LogP contribution is -2.46. The molecule has 2 unspecified atom stereocenters. The van der Waals surface area contributed by atoms with E-state index in [1.54, 1.807) is 0 Å². The van der Waals surface area contributed by atoms with Gasteiger partial charge in [-0.25, -0.2) is 0 Å². The van der Waals surface area contributed by atoms with Crippen LogP contribution >= 0.6 is 15.9 Å². The van der Waals surface area contributed by atoms with Gasteiger partial charge in [-0.15, -0.1) is 0 Å². The summed E-state index contributed by atoms with van der Waals surface area (Å²) in [5.41, 5.74) is 6.76. The monoisotopic (exact) mass is 268 g/mol. The smallest absolute Gasteiger partial charge is 0.237 e. The van der Waals surface area contributed by atoms with E-state index in [4.69, 9.17) is 5.73 Å². The van der Waals surface area contributed by atoms with Gasteiger partial charge in [0.25, 0.3) is 0 Å². The summed E-state index contributed by atoms with van der Waals surface area (Å²) in [5.74, 6) is -0.0537. The fraction of sp³-hybridized carbons (Fsp3) is 0.364. The van der Waals surface area contributed by atoms with Crippen LogP contribution in [0.5, 0.6) is 0 Å². The topological polar surface area (TPSA) is 55.1 Å². The molecule has 2 atom stereocenters. The summed E-state index contributed by atoms with van der Waals surface area (Å²) in [5, 5.41) is 2.93. The number of carbonyl (C=O) groups is 1. The number of piperidine rings is 1. The van der Waals surface area contributed by atoms with Crippen molar-refractivity contribution in [1.82, 2.24) is 5.32 Å². The molecule has 1 heterocycles. The molecule has 1 saturated heterocycles. The van der Waals surface area contributed by atoms with Gasteiger partial charge < -0.3 is 11.1 Å². The van der Waals surface area contributed by atoms with E-state index < -0.39 is 0 Å². The van der Waals surface area contributed by atoms with Crippen LogP contribution in [0.25, 0.3) is 0 Å². The van der Waals surface area contributed by atoms with Crippen LogP contribution in [0, 0.1) is 0 Å². The average Bonchev–Trinajstić information content (AvgIpc) is 2.23. The summed E-state index contributed by atoms with van der Waals surface area (Å²) in [6.45, 7) is 0. The number of carbonyl (C=O) groups excluding carboxylic acids is 1. The number of rotatable bonds is 1. The van der Waals surface area contributed by atoms with Gasteiger partial charge in [-0.1, -0.05) is 34.1 Å². The Hall–Kier alpha value is -0.870. The zero-order valence-corrected chi connectivity index (χ0v) is 9.83. The molecule has 0 aliphatic carbocycles. The van der Waals surface area contributed by atoms with Crippen LogP contribution in [-0.2, 0) is 4.79 Å². The molecule has 1 aliphatic heterocycles. The number of hydrogen-bond acceptors (Lipinski definition) is 2. The van der Waals surface area contributed by atoms with E-state index in [-0.39, 0.29) is 18.0 Å². The molecule has 4 heteroatoms. The maximum Gasteiger partial charge on any atom is 0.237 e. The summed E-state index contributed by atoms with van der Waals surface area (Å²) in [7, 11) is 0. The van der Waals surface area contributed by atoms with Crippen molar-refractivity contribution >= 4 is 21.8 Å². The molecule has 80 valence electrons. The van der Waals surface area contributed by atoms with E-state index in [1.807, 2.05) is 24.3 Å². The highest BCUT2D eigenvalue weighted by Crippen LogP contribution is 2.28. The molecule has 15 heavy (non-hydrogen) atoms. The summed E-state index contributed by atoms with van der Waals surface area (Å²) in [6.07, 6.45) is 1.65. The van der Waals surface area contributed by atoms with Crippen LogP contribution in [0.15, 0.2) is 28.7 Å². The van der Waals surface area contributed by atoms with Gasteiger partial charge in [-0.3, -0.25) is 4.79 Å². The molecule has 1 aliphatic rings. The quantitative estimate of drug-likeness (QED) is 0.815. The van der Waals surface area contributed by atoms with Crippen molar-refractivity contribution < 1.29 is 4.79 Å². The predicted molar refractivity (Wildman–Crippen MR) is 62.2 cm³/mol. The minimum atomic E-state index is -0.344. The Morgan fingerprint density at radius 1 is 1.33 bits per heavy atom. The van der Waals surface area contributed by atoms with Gasteiger partial charge in [0.1, 0.15) is 0 Å². The first-order valence-electron chi connectivity index (χ1n) is 4.99. The van der Waals surface area contributed by atoms with E-state index in [0.29, 0.717) is 0 Å². The molecule has 3 N–H and O–H groups in total. The van der Waals surface area contributed by atoms with E-state index in [2.05, 4.69) is 21.2 Å². The van der Waals surface area contributed by atoms with Crippen LogP contribution in [0.2, 0.25) is 0 Å². The lowest BCUT2D eigenvalue weighted by atomic mass is 9.95. The minimum Gasteiger partial charge on any atom is -0.348 e. The van der Waals surface area contributed by atoms with Gasteiger partial charge in [0, 0.05) is 4.47 Å². The molecule has 2 rings (SSSR count). The van der Waals surface area contributed by atoms with Crippen LogP contribution in [-0.4, -0.2) is 11.9 Å². The highest BCUT2D eigenvalue weighted by atomic mass is 79.9. The SMILES string of the molecule is NC1CCC(c2ccccc2Br)NC1=O. The molecule has 0 spiro atoms. The van der Waals surface area contributed by atoms with Crippen molar-refractivity contribution in [3.63, 3.8) is 0 Å². The number of hydrogen-bond donors (Lipinski definition) is 2. The number of benzene rings is 1. The Morgan fingerprint density at radius 3 is 2.73 bits per heavy atom. The maximum absolute atomic E-state index is 11.4. The third kappa shape index (κ3) is 2.21. The lowest BCUT2D eigenvalue weighted by Gasteiger charge is -2.28. The van der Waals surface area contributed by atoms with Crippen molar-refractivity contribution in [2.45, 2.75) is 24.9 Å². The van der Waals surface area contributed by atoms with E-state index in [9.17, 15) is 4.79 Å².